The highest BCUT2D eigenvalue weighted by molar-refractivity contribution is 5.83. The van der Waals surface area contributed by atoms with Crippen molar-refractivity contribution in [2.75, 3.05) is 14.2 Å². The maximum atomic E-state index is 12.2. The summed E-state index contributed by atoms with van der Waals surface area (Å²) in [7, 11) is 3.19. The Morgan fingerprint density at radius 1 is 1.14 bits per heavy atom. The van der Waals surface area contributed by atoms with E-state index in [0.717, 1.165) is 16.5 Å². The van der Waals surface area contributed by atoms with Crippen LogP contribution in [0.1, 0.15) is 31.2 Å². The molecular formula is C17H22N2O3. The van der Waals surface area contributed by atoms with E-state index in [9.17, 15) is 4.79 Å². The van der Waals surface area contributed by atoms with Crippen LogP contribution in [0, 0.1) is 0 Å². The molecule has 2 aromatic rings. The van der Waals surface area contributed by atoms with Gasteiger partial charge in [0.2, 0.25) is 0 Å². The molecule has 1 aromatic carbocycles. The molecule has 3 rings (SSSR count). The summed E-state index contributed by atoms with van der Waals surface area (Å²) in [5.41, 5.74) is 1.46. The molecule has 118 valence electrons. The molecule has 0 spiro atoms. The standard InChI is InChI=1S/C17H22N2O3/c1-21-15-8-11-7-12(10-18-13-5-3-4-6-13)17(20)19-14(11)9-16(15)22-2/h7-9,13,18H,3-6,10H2,1-2H3,(H,19,20). The number of fused-ring (bicyclic) bond motifs is 1. The summed E-state index contributed by atoms with van der Waals surface area (Å²) in [5, 5.41) is 4.42. The van der Waals surface area contributed by atoms with E-state index in [1.165, 1.54) is 25.7 Å². The van der Waals surface area contributed by atoms with Gasteiger partial charge in [-0.15, -0.1) is 0 Å². The topological polar surface area (TPSA) is 63.3 Å². The molecule has 0 radical (unpaired) electrons. The Morgan fingerprint density at radius 2 is 1.82 bits per heavy atom. The lowest BCUT2D eigenvalue weighted by atomic mass is 10.1. The van der Waals surface area contributed by atoms with Gasteiger partial charge in [0, 0.05) is 29.6 Å². The van der Waals surface area contributed by atoms with Crippen molar-refractivity contribution in [1.82, 2.24) is 10.3 Å². The van der Waals surface area contributed by atoms with Gasteiger partial charge in [0.1, 0.15) is 0 Å². The zero-order valence-corrected chi connectivity index (χ0v) is 13.1. The number of methoxy groups -OCH3 is 2. The third kappa shape index (κ3) is 2.95. The van der Waals surface area contributed by atoms with E-state index in [1.807, 2.05) is 12.1 Å². The Balaban J connectivity index is 1.90. The van der Waals surface area contributed by atoms with E-state index < -0.39 is 0 Å². The highest BCUT2D eigenvalue weighted by Gasteiger charge is 2.15. The molecular weight excluding hydrogens is 280 g/mol. The molecule has 1 aliphatic rings. The second-order valence-corrected chi connectivity index (χ2v) is 5.78. The van der Waals surface area contributed by atoms with Gasteiger partial charge in [0.15, 0.2) is 11.5 Å². The molecule has 0 bridgehead atoms. The summed E-state index contributed by atoms with van der Waals surface area (Å²) in [6, 6.07) is 6.16. The van der Waals surface area contributed by atoms with Crippen LogP contribution in [0.2, 0.25) is 0 Å². The van der Waals surface area contributed by atoms with Crippen molar-refractivity contribution < 1.29 is 9.47 Å². The second-order valence-electron chi connectivity index (χ2n) is 5.78. The van der Waals surface area contributed by atoms with Crippen LogP contribution < -0.4 is 20.3 Å². The Kier molecular flexibility index (Phi) is 4.34. The molecule has 0 amide bonds. The van der Waals surface area contributed by atoms with Crippen LogP contribution in [0.15, 0.2) is 23.0 Å². The van der Waals surface area contributed by atoms with Crippen LogP contribution in [-0.4, -0.2) is 25.2 Å². The molecule has 1 fully saturated rings. The van der Waals surface area contributed by atoms with E-state index in [-0.39, 0.29) is 5.56 Å². The van der Waals surface area contributed by atoms with Gasteiger partial charge in [-0.25, -0.2) is 0 Å². The first-order valence-electron chi connectivity index (χ1n) is 7.72. The monoisotopic (exact) mass is 302 g/mol. The van der Waals surface area contributed by atoms with Crippen LogP contribution in [0.3, 0.4) is 0 Å². The molecule has 0 saturated heterocycles. The first-order chi connectivity index (χ1) is 10.7. The third-order valence-corrected chi connectivity index (χ3v) is 4.36. The predicted molar refractivity (Wildman–Crippen MR) is 86.8 cm³/mol. The van der Waals surface area contributed by atoms with Crippen molar-refractivity contribution in [2.24, 2.45) is 0 Å². The molecule has 22 heavy (non-hydrogen) atoms. The van der Waals surface area contributed by atoms with Crippen molar-refractivity contribution in [1.29, 1.82) is 0 Å². The zero-order valence-electron chi connectivity index (χ0n) is 13.1. The number of pyridine rings is 1. The van der Waals surface area contributed by atoms with Gasteiger partial charge in [-0.3, -0.25) is 4.79 Å². The average molecular weight is 302 g/mol. The molecule has 0 atom stereocenters. The summed E-state index contributed by atoms with van der Waals surface area (Å²) in [6.45, 7) is 0.601. The van der Waals surface area contributed by atoms with Crippen LogP contribution in [0.5, 0.6) is 11.5 Å². The van der Waals surface area contributed by atoms with Crippen molar-refractivity contribution in [2.45, 2.75) is 38.3 Å². The summed E-state index contributed by atoms with van der Waals surface area (Å²) in [6.07, 6.45) is 4.97. The smallest absolute Gasteiger partial charge is 0.252 e. The fraction of sp³-hybridized carbons (Fsp3) is 0.471. The van der Waals surface area contributed by atoms with Gasteiger partial charge in [-0.05, 0) is 25.0 Å². The van der Waals surface area contributed by atoms with Gasteiger partial charge in [0.25, 0.3) is 5.56 Å². The number of benzene rings is 1. The van der Waals surface area contributed by atoms with E-state index in [2.05, 4.69) is 10.3 Å². The van der Waals surface area contributed by atoms with E-state index in [1.54, 1.807) is 20.3 Å². The van der Waals surface area contributed by atoms with Crippen molar-refractivity contribution in [3.8, 4) is 11.5 Å². The normalized spacial score (nSPS) is 15.4. The fourth-order valence-electron chi connectivity index (χ4n) is 3.09. The van der Waals surface area contributed by atoms with Gasteiger partial charge < -0.3 is 19.8 Å². The molecule has 1 saturated carbocycles. The van der Waals surface area contributed by atoms with Gasteiger partial charge in [-0.2, -0.15) is 0 Å². The number of hydrogen-bond acceptors (Lipinski definition) is 4. The maximum Gasteiger partial charge on any atom is 0.252 e. The van der Waals surface area contributed by atoms with Gasteiger partial charge in [-0.1, -0.05) is 12.8 Å². The number of aromatic nitrogens is 1. The quantitative estimate of drug-likeness (QED) is 0.891. The first-order valence-corrected chi connectivity index (χ1v) is 7.72. The van der Waals surface area contributed by atoms with E-state index in [4.69, 9.17) is 9.47 Å². The average Bonchev–Trinajstić information content (AvgIpc) is 3.05. The fourth-order valence-corrected chi connectivity index (χ4v) is 3.09. The first kappa shape index (κ1) is 14.9. The molecule has 0 aliphatic heterocycles. The second kappa shape index (κ2) is 6.40. The predicted octanol–water partition coefficient (Wildman–Crippen LogP) is 2.58. The van der Waals surface area contributed by atoms with Crippen molar-refractivity contribution >= 4 is 10.9 Å². The molecule has 0 unspecified atom stereocenters. The minimum absolute atomic E-state index is 0.0507. The van der Waals surface area contributed by atoms with Gasteiger partial charge in [0.05, 0.1) is 19.7 Å². The summed E-state index contributed by atoms with van der Waals surface area (Å²) in [5.74, 6) is 1.28. The van der Waals surface area contributed by atoms with Gasteiger partial charge >= 0.3 is 0 Å². The highest BCUT2D eigenvalue weighted by atomic mass is 16.5. The number of aromatic amines is 1. The Hall–Kier alpha value is -2.01. The lowest BCUT2D eigenvalue weighted by Crippen LogP contribution is -2.28. The number of ether oxygens (including phenoxy) is 2. The van der Waals surface area contributed by atoms with Crippen LogP contribution >= 0.6 is 0 Å². The number of nitrogens with one attached hydrogen (secondary N) is 2. The minimum atomic E-state index is -0.0507. The molecule has 5 nitrogen and oxygen atoms in total. The summed E-state index contributed by atoms with van der Waals surface area (Å²) >= 11 is 0. The van der Waals surface area contributed by atoms with E-state index >= 15 is 0 Å². The SMILES string of the molecule is COc1cc2cc(CNC3CCCC3)c(=O)[nH]c2cc1OC. The maximum absolute atomic E-state index is 12.2. The van der Waals surface area contributed by atoms with Crippen LogP contribution in [0.4, 0.5) is 0 Å². The minimum Gasteiger partial charge on any atom is -0.493 e. The lowest BCUT2D eigenvalue weighted by molar-refractivity contribution is 0.356. The lowest BCUT2D eigenvalue weighted by Gasteiger charge is -2.13. The van der Waals surface area contributed by atoms with Crippen molar-refractivity contribution in [3.05, 3.63) is 34.1 Å². The number of H-pyrrole nitrogens is 1. The summed E-state index contributed by atoms with van der Waals surface area (Å²) in [4.78, 5) is 15.2. The Labute approximate surface area is 129 Å². The molecule has 2 N–H and O–H groups in total. The number of rotatable bonds is 5. The Morgan fingerprint density at radius 3 is 2.50 bits per heavy atom. The van der Waals surface area contributed by atoms with Crippen LogP contribution in [-0.2, 0) is 6.54 Å². The molecule has 1 heterocycles. The van der Waals surface area contributed by atoms with E-state index in [0.29, 0.717) is 24.1 Å². The molecule has 1 aliphatic carbocycles. The zero-order chi connectivity index (χ0) is 15.5. The van der Waals surface area contributed by atoms with Crippen LogP contribution in [0.25, 0.3) is 10.9 Å². The molecule has 5 heteroatoms. The number of hydrogen-bond donors (Lipinski definition) is 2. The highest BCUT2D eigenvalue weighted by Crippen LogP contribution is 2.31. The largest absolute Gasteiger partial charge is 0.493 e. The summed E-state index contributed by atoms with van der Waals surface area (Å²) < 4.78 is 10.6. The Bertz CT molecular complexity index is 718. The molecule has 1 aromatic heterocycles. The van der Waals surface area contributed by atoms with Crippen molar-refractivity contribution in [3.63, 3.8) is 0 Å². The third-order valence-electron chi connectivity index (χ3n) is 4.36.